The van der Waals surface area contributed by atoms with Gasteiger partial charge in [0.2, 0.25) is 0 Å². The van der Waals surface area contributed by atoms with Crippen molar-refractivity contribution in [3.63, 3.8) is 0 Å². The van der Waals surface area contributed by atoms with Crippen LogP contribution < -0.4 is 4.90 Å². The zero-order valence-electron chi connectivity index (χ0n) is 13.1. The average molecular weight is 309 g/mol. The molecule has 0 fully saturated rings. The van der Waals surface area contributed by atoms with E-state index in [0.717, 1.165) is 22.9 Å². The number of hydrogen-bond acceptors (Lipinski definition) is 1. The Balaban J connectivity index is 1.88. The van der Waals surface area contributed by atoms with Crippen molar-refractivity contribution in [1.29, 1.82) is 0 Å². The fourth-order valence-electron chi connectivity index (χ4n) is 2.51. The molecule has 0 unspecified atom stereocenters. The first-order chi connectivity index (χ1) is 11.0. The Labute approximate surface area is 134 Å². The molecule has 0 aliphatic carbocycles. The van der Waals surface area contributed by atoms with E-state index >= 15 is 0 Å². The summed E-state index contributed by atoms with van der Waals surface area (Å²) < 4.78 is 26.7. The number of nitrogens with zero attached hydrogens (tertiary/aromatic N) is 1. The lowest BCUT2D eigenvalue weighted by atomic mass is 10.0. The molecule has 0 spiro atoms. The van der Waals surface area contributed by atoms with Crippen LogP contribution in [0.1, 0.15) is 5.56 Å². The predicted octanol–water partition coefficient (Wildman–Crippen LogP) is 5.71. The van der Waals surface area contributed by atoms with Crippen LogP contribution in [0.15, 0.2) is 66.7 Å². The van der Waals surface area contributed by atoms with E-state index in [0.29, 0.717) is 5.69 Å². The highest BCUT2D eigenvalue weighted by atomic mass is 19.1. The van der Waals surface area contributed by atoms with E-state index in [2.05, 4.69) is 31.2 Å². The van der Waals surface area contributed by atoms with E-state index in [4.69, 9.17) is 0 Å². The predicted molar refractivity (Wildman–Crippen MR) is 91.0 cm³/mol. The zero-order chi connectivity index (χ0) is 16.4. The first-order valence-electron chi connectivity index (χ1n) is 7.40. The summed E-state index contributed by atoms with van der Waals surface area (Å²) >= 11 is 0. The molecule has 0 atom stereocenters. The summed E-state index contributed by atoms with van der Waals surface area (Å²) in [5.74, 6) is -1.16. The molecular weight excluding hydrogens is 292 g/mol. The van der Waals surface area contributed by atoms with Gasteiger partial charge in [-0.05, 0) is 42.3 Å². The normalized spacial score (nSPS) is 10.6. The minimum Gasteiger partial charge on any atom is -0.344 e. The Hall–Kier alpha value is -2.68. The number of hydrogen-bond donors (Lipinski definition) is 0. The zero-order valence-corrected chi connectivity index (χ0v) is 13.1. The van der Waals surface area contributed by atoms with Crippen LogP contribution in [-0.4, -0.2) is 7.05 Å². The minimum absolute atomic E-state index is 0.477. The molecule has 3 aromatic rings. The lowest BCUT2D eigenvalue weighted by Gasteiger charge is -2.20. The Bertz CT molecular complexity index is 788. The Morgan fingerprint density at radius 1 is 0.652 bits per heavy atom. The van der Waals surface area contributed by atoms with E-state index in [-0.39, 0.29) is 0 Å². The second-order valence-corrected chi connectivity index (χ2v) is 5.60. The average Bonchev–Trinajstić information content (AvgIpc) is 2.54. The van der Waals surface area contributed by atoms with Crippen LogP contribution in [0, 0.1) is 18.6 Å². The fraction of sp³-hybridized carbons (Fsp3) is 0.100. The fourth-order valence-corrected chi connectivity index (χ4v) is 2.51. The molecule has 3 aromatic carbocycles. The Morgan fingerprint density at radius 2 is 1.13 bits per heavy atom. The Morgan fingerprint density at radius 3 is 1.65 bits per heavy atom. The van der Waals surface area contributed by atoms with Gasteiger partial charge in [-0.15, -0.1) is 0 Å². The number of anilines is 2. The SMILES string of the molecule is Cc1ccc(-c2ccc(N(C)c3cc(F)cc(F)c3)cc2)cc1. The molecular formula is C20H17F2N. The van der Waals surface area contributed by atoms with Gasteiger partial charge in [-0.1, -0.05) is 42.0 Å². The molecule has 0 amide bonds. The van der Waals surface area contributed by atoms with Gasteiger partial charge >= 0.3 is 0 Å². The maximum Gasteiger partial charge on any atom is 0.128 e. The van der Waals surface area contributed by atoms with Gasteiger partial charge in [-0.3, -0.25) is 0 Å². The van der Waals surface area contributed by atoms with Crippen LogP contribution in [0.5, 0.6) is 0 Å². The standard InChI is InChI=1S/C20H17F2N/c1-14-3-5-15(6-4-14)16-7-9-19(10-8-16)23(2)20-12-17(21)11-18(22)13-20/h3-13H,1-2H3. The van der Waals surface area contributed by atoms with Gasteiger partial charge in [0.05, 0.1) is 0 Å². The van der Waals surface area contributed by atoms with Crippen LogP contribution >= 0.6 is 0 Å². The van der Waals surface area contributed by atoms with Crippen LogP contribution in [0.2, 0.25) is 0 Å². The van der Waals surface area contributed by atoms with Crippen LogP contribution in [0.3, 0.4) is 0 Å². The molecule has 23 heavy (non-hydrogen) atoms. The summed E-state index contributed by atoms with van der Waals surface area (Å²) in [5, 5.41) is 0. The molecule has 116 valence electrons. The molecule has 0 heterocycles. The number of benzene rings is 3. The highest BCUT2D eigenvalue weighted by Gasteiger charge is 2.08. The van der Waals surface area contributed by atoms with Gasteiger partial charge in [0, 0.05) is 24.5 Å². The van der Waals surface area contributed by atoms with E-state index in [1.54, 1.807) is 11.9 Å². The molecule has 0 bridgehead atoms. The smallest absolute Gasteiger partial charge is 0.128 e. The molecule has 0 radical (unpaired) electrons. The van der Waals surface area contributed by atoms with Crippen molar-refractivity contribution >= 4 is 11.4 Å². The van der Waals surface area contributed by atoms with E-state index in [9.17, 15) is 8.78 Å². The molecule has 0 aromatic heterocycles. The molecule has 0 saturated heterocycles. The van der Waals surface area contributed by atoms with Crippen LogP contribution in [0.25, 0.3) is 11.1 Å². The third-order valence-corrected chi connectivity index (χ3v) is 3.87. The maximum atomic E-state index is 13.4. The third kappa shape index (κ3) is 3.39. The van der Waals surface area contributed by atoms with Crippen LogP contribution in [0.4, 0.5) is 20.2 Å². The lowest BCUT2D eigenvalue weighted by molar-refractivity contribution is 0.583. The van der Waals surface area contributed by atoms with Crippen molar-refractivity contribution in [3.8, 4) is 11.1 Å². The quantitative estimate of drug-likeness (QED) is 0.599. The number of halogens is 2. The second-order valence-electron chi connectivity index (χ2n) is 5.60. The summed E-state index contributed by atoms with van der Waals surface area (Å²) in [6.07, 6.45) is 0. The first-order valence-corrected chi connectivity index (χ1v) is 7.40. The van der Waals surface area contributed by atoms with Gasteiger partial charge in [-0.2, -0.15) is 0 Å². The van der Waals surface area contributed by atoms with Gasteiger partial charge in [0.25, 0.3) is 0 Å². The van der Waals surface area contributed by atoms with Crippen molar-refractivity contribution < 1.29 is 8.78 Å². The lowest BCUT2D eigenvalue weighted by Crippen LogP contribution is -2.09. The van der Waals surface area contributed by atoms with Gasteiger partial charge < -0.3 is 4.90 Å². The largest absolute Gasteiger partial charge is 0.344 e. The molecule has 0 saturated carbocycles. The van der Waals surface area contributed by atoms with Crippen molar-refractivity contribution in [2.45, 2.75) is 6.92 Å². The summed E-state index contributed by atoms with van der Waals surface area (Å²) in [5.41, 5.74) is 4.81. The number of aryl methyl sites for hydroxylation is 1. The van der Waals surface area contributed by atoms with Crippen molar-refractivity contribution in [2.24, 2.45) is 0 Å². The van der Waals surface area contributed by atoms with E-state index in [1.807, 2.05) is 24.3 Å². The molecule has 3 rings (SSSR count). The van der Waals surface area contributed by atoms with Crippen molar-refractivity contribution in [3.05, 3.63) is 83.9 Å². The van der Waals surface area contributed by atoms with E-state index in [1.165, 1.54) is 17.7 Å². The molecule has 1 nitrogen and oxygen atoms in total. The van der Waals surface area contributed by atoms with E-state index < -0.39 is 11.6 Å². The summed E-state index contributed by atoms with van der Waals surface area (Å²) in [6.45, 7) is 2.06. The van der Waals surface area contributed by atoms with Crippen LogP contribution in [-0.2, 0) is 0 Å². The third-order valence-electron chi connectivity index (χ3n) is 3.87. The summed E-state index contributed by atoms with van der Waals surface area (Å²) in [4.78, 5) is 1.76. The summed E-state index contributed by atoms with van der Waals surface area (Å²) in [6, 6.07) is 19.7. The Kier molecular flexibility index (Phi) is 4.11. The maximum absolute atomic E-state index is 13.4. The molecule has 3 heteroatoms. The highest BCUT2D eigenvalue weighted by Crippen LogP contribution is 2.28. The minimum atomic E-state index is -0.580. The molecule has 0 N–H and O–H groups in total. The topological polar surface area (TPSA) is 3.24 Å². The van der Waals surface area contributed by atoms with Gasteiger partial charge in [0.15, 0.2) is 0 Å². The monoisotopic (exact) mass is 309 g/mol. The number of rotatable bonds is 3. The van der Waals surface area contributed by atoms with Gasteiger partial charge in [0.1, 0.15) is 11.6 Å². The first kappa shape index (κ1) is 15.2. The second kappa shape index (κ2) is 6.21. The van der Waals surface area contributed by atoms with Crippen molar-refractivity contribution in [2.75, 3.05) is 11.9 Å². The summed E-state index contributed by atoms with van der Waals surface area (Å²) in [7, 11) is 1.79. The molecule has 0 aliphatic rings. The van der Waals surface area contributed by atoms with Crippen molar-refractivity contribution in [1.82, 2.24) is 0 Å². The molecule has 0 aliphatic heterocycles. The van der Waals surface area contributed by atoms with Gasteiger partial charge in [-0.25, -0.2) is 8.78 Å². The highest BCUT2D eigenvalue weighted by molar-refractivity contribution is 5.69.